The molecule has 0 bridgehead atoms. The molecular weight excluding hydrogens is 206 g/mol. The number of aromatic nitrogens is 3. The van der Waals surface area contributed by atoms with Gasteiger partial charge in [0.1, 0.15) is 5.82 Å². The van der Waals surface area contributed by atoms with E-state index in [1.165, 1.54) is 0 Å². The van der Waals surface area contributed by atoms with Crippen molar-refractivity contribution in [1.29, 1.82) is 0 Å². The molecule has 1 saturated heterocycles. The van der Waals surface area contributed by atoms with E-state index in [2.05, 4.69) is 20.1 Å². The molecule has 1 aromatic heterocycles. The number of aromatic amines is 1. The Bertz CT molecular complexity index is 338. The molecule has 6 nitrogen and oxygen atoms in total. The van der Waals surface area contributed by atoms with Crippen molar-refractivity contribution in [1.82, 2.24) is 15.2 Å². The van der Waals surface area contributed by atoms with Gasteiger partial charge in [-0.25, -0.2) is 0 Å². The Hall–Kier alpha value is -1.14. The minimum atomic E-state index is -0.297. The largest absolute Gasteiger partial charge is 0.393 e. The topological polar surface area (TPSA) is 91.1 Å². The van der Waals surface area contributed by atoms with Crippen molar-refractivity contribution in [2.24, 2.45) is 5.73 Å². The lowest BCUT2D eigenvalue weighted by molar-refractivity contribution is 0.184. The van der Waals surface area contributed by atoms with Gasteiger partial charge in [0.05, 0.1) is 6.10 Å². The number of aliphatic hydroxyl groups is 1. The quantitative estimate of drug-likeness (QED) is 0.652. The Kier molecular flexibility index (Phi) is 3.40. The van der Waals surface area contributed by atoms with E-state index in [9.17, 15) is 5.11 Å². The second-order valence-electron chi connectivity index (χ2n) is 4.46. The fraction of sp³-hybridized carbons (Fsp3) is 0.800. The second kappa shape index (κ2) is 4.80. The van der Waals surface area contributed by atoms with Crippen molar-refractivity contribution in [3.8, 4) is 0 Å². The summed E-state index contributed by atoms with van der Waals surface area (Å²) < 4.78 is 0. The van der Waals surface area contributed by atoms with E-state index in [-0.39, 0.29) is 12.1 Å². The summed E-state index contributed by atoms with van der Waals surface area (Å²) in [5.41, 5.74) is 5.83. The van der Waals surface area contributed by atoms with Crippen LogP contribution < -0.4 is 10.6 Å². The maximum atomic E-state index is 9.18. The SMILES string of the molecule is CC(O)CCc1nc(N2CCC(N)C2)n[nH]1. The highest BCUT2D eigenvalue weighted by atomic mass is 16.3. The summed E-state index contributed by atoms with van der Waals surface area (Å²) in [5, 5.41) is 16.2. The van der Waals surface area contributed by atoms with Gasteiger partial charge < -0.3 is 15.7 Å². The van der Waals surface area contributed by atoms with Crippen LogP contribution in [0.1, 0.15) is 25.6 Å². The van der Waals surface area contributed by atoms with Gasteiger partial charge in [-0.2, -0.15) is 4.98 Å². The summed E-state index contributed by atoms with van der Waals surface area (Å²) >= 11 is 0. The lowest BCUT2D eigenvalue weighted by Gasteiger charge is -2.11. The van der Waals surface area contributed by atoms with E-state index < -0.39 is 0 Å². The highest BCUT2D eigenvalue weighted by molar-refractivity contribution is 5.31. The van der Waals surface area contributed by atoms with Crippen LogP contribution in [0.3, 0.4) is 0 Å². The van der Waals surface area contributed by atoms with Gasteiger partial charge in [0.25, 0.3) is 0 Å². The minimum Gasteiger partial charge on any atom is -0.393 e. The van der Waals surface area contributed by atoms with Crippen molar-refractivity contribution in [3.63, 3.8) is 0 Å². The average Bonchev–Trinajstić information content (AvgIpc) is 2.83. The van der Waals surface area contributed by atoms with Gasteiger partial charge >= 0.3 is 0 Å². The molecule has 0 radical (unpaired) electrons. The predicted octanol–water partition coefficient (Wildman–Crippen LogP) is -0.344. The number of H-pyrrole nitrogens is 1. The molecule has 0 saturated carbocycles. The van der Waals surface area contributed by atoms with Crippen LogP contribution in [0.5, 0.6) is 0 Å². The lowest BCUT2D eigenvalue weighted by atomic mass is 10.2. The zero-order valence-electron chi connectivity index (χ0n) is 9.56. The van der Waals surface area contributed by atoms with Crippen molar-refractivity contribution in [3.05, 3.63) is 5.82 Å². The zero-order valence-corrected chi connectivity index (χ0v) is 9.56. The molecule has 1 aromatic rings. The summed E-state index contributed by atoms with van der Waals surface area (Å²) in [6.07, 6.45) is 2.13. The van der Waals surface area contributed by atoms with Crippen LogP contribution in [0, 0.1) is 0 Å². The Morgan fingerprint density at radius 3 is 3.12 bits per heavy atom. The number of nitrogens with two attached hydrogens (primary N) is 1. The van der Waals surface area contributed by atoms with Crippen LogP contribution in [-0.4, -0.2) is 45.5 Å². The molecule has 0 amide bonds. The van der Waals surface area contributed by atoms with Crippen LogP contribution in [0.25, 0.3) is 0 Å². The monoisotopic (exact) mass is 225 g/mol. The third-order valence-corrected chi connectivity index (χ3v) is 2.83. The van der Waals surface area contributed by atoms with Gasteiger partial charge in [0.2, 0.25) is 5.95 Å². The van der Waals surface area contributed by atoms with E-state index in [0.717, 1.165) is 37.7 Å². The molecule has 0 spiro atoms. The van der Waals surface area contributed by atoms with Crippen LogP contribution in [0.15, 0.2) is 0 Å². The van der Waals surface area contributed by atoms with E-state index >= 15 is 0 Å². The molecule has 90 valence electrons. The Balaban J connectivity index is 1.91. The summed E-state index contributed by atoms with van der Waals surface area (Å²) in [7, 11) is 0. The normalized spacial score (nSPS) is 22.7. The number of rotatable bonds is 4. The van der Waals surface area contributed by atoms with Gasteiger partial charge in [-0.1, -0.05) is 0 Å². The Morgan fingerprint density at radius 2 is 2.50 bits per heavy atom. The highest BCUT2D eigenvalue weighted by Gasteiger charge is 2.22. The van der Waals surface area contributed by atoms with E-state index in [1.54, 1.807) is 6.92 Å². The number of nitrogens with one attached hydrogen (secondary N) is 1. The van der Waals surface area contributed by atoms with Crippen molar-refractivity contribution in [2.75, 3.05) is 18.0 Å². The molecule has 4 N–H and O–H groups in total. The number of nitrogens with zero attached hydrogens (tertiary/aromatic N) is 3. The van der Waals surface area contributed by atoms with Gasteiger partial charge in [-0.15, -0.1) is 5.10 Å². The first-order chi connectivity index (χ1) is 7.65. The molecule has 1 aliphatic rings. The summed E-state index contributed by atoms with van der Waals surface area (Å²) in [6.45, 7) is 3.53. The van der Waals surface area contributed by atoms with Crippen LogP contribution in [-0.2, 0) is 6.42 Å². The fourth-order valence-corrected chi connectivity index (χ4v) is 1.85. The number of aryl methyl sites for hydroxylation is 1. The summed E-state index contributed by atoms with van der Waals surface area (Å²) in [6, 6.07) is 0.236. The van der Waals surface area contributed by atoms with E-state index in [1.807, 2.05) is 0 Å². The van der Waals surface area contributed by atoms with Gasteiger partial charge in [-0.3, -0.25) is 5.10 Å². The first-order valence-electron chi connectivity index (χ1n) is 5.75. The molecule has 16 heavy (non-hydrogen) atoms. The molecule has 2 unspecified atom stereocenters. The molecule has 2 rings (SSSR count). The number of aliphatic hydroxyl groups excluding tert-OH is 1. The van der Waals surface area contributed by atoms with Gasteiger partial charge in [0.15, 0.2) is 0 Å². The van der Waals surface area contributed by atoms with Gasteiger partial charge in [0, 0.05) is 25.6 Å². The van der Waals surface area contributed by atoms with E-state index in [0.29, 0.717) is 6.42 Å². The van der Waals surface area contributed by atoms with Crippen molar-refractivity contribution >= 4 is 5.95 Å². The smallest absolute Gasteiger partial charge is 0.244 e. The molecular formula is C10H19N5O. The number of hydrogen-bond acceptors (Lipinski definition) is 5. The first kappa shape index (κ1) is 11.3. The van der Waals surface area contributed by atoms with E-state index in [4.69, 9.17) is 5.73 Å². The summed E-state index contributed by atoms with van der Waals surface area (Å²) in [5.74, 6) is 1.56. The standard InChI is InChI=1S/C10H19N5O/c1-7(16)2-3-9-12-10(14-13-9)15-5-4-8(11)6-15/h7-8,16H,2-6,11H2,1H3,(H,12,13,14). The maximum Gasteiger partial charge on any atom is 0.244 e. The van der Waals surface area contributed by atoms with Crippen LogP contribution in [0.2, 0.25) is 0 Å². The first-order valence-corrected chi connectivity index (χ1v) is 5.75. The van der Waals surface area contributed by atoms with Crippen LogP contribution >= 0.6 is 0 Å². The molecule has 0 aromatic carbocycles. The van der Waals surface area contributed by atoms with Crippen molar-refractivity contribution < 1.29 is 5.11 Å². The van der Waals surface area contributed by atoms with Gasteiger partial charge in [-0.05, 0) is 19.8 Å². The molecule has 6 heteroatoms. The number of anilines is 1. The zero-order chi connectivity index (χ0) is 11.5. The van der Waals surface area contributed by atoms with Crippen LogP contribution in [0.4, 0.5) is 5.95 Å². The highest BCUT2D eigenvalue weighted by Crippen LogP contribution is 2.15. The predicted molar refractivity (Wildman–Crippen MR) is 61.2 cm³/mol. The number of hydrogen-bond donors (Lipinski definition) is 3. The maximum absolute atomic E-state index is 9.18. The molecule has 2 heterocycles. The fourth-order valence-electron chi connectivity index (χ4n) is 1.85. The third kappa shape index (κ3) is 2.70. The van der Waals surface area contributed by atoms with Crippen molar-refractivity contribution in [2.45, 2.75) is 38.3 Å². The molecule has 0 aliphatic carbocycles. The lowest BCUT2D eigenvalue weighted by Crippen LogP contribution is -2.27. The summed E-state index contributed by atoms with van der Waals surface area (Å²) in [4.78, 5) is 6.48. The molecule has 2 atom stereocenters. The Labute approximate surface area is 94.9 Å². The molecule has 1 fully saturated rings. The average molecular weight is 225 g/mol. The Morgan fingerprint density at radius 1 is 1.69 bits per heavy atom. The molecule has 1 aliphatic heterocycles. The second-order valence-corrected chi connectivity index (χ2v) is 4.46. The third-order valence-electron chi connectivity index (χ3n) is 2.83. The minimum absolute atomic E-state index is 0.236.